The summed E-state index contributed by atoms with van der Waals surface area (Å²) in [4.78, 5) is 2.41. The zero-order chi connectivity index (χ0) is 43.8. The molecule has 0 amide bonds. The van der Waals surface area contributed by atoms with E-state index in [0.717, 1.165) is 33.9 Å². The third-order valence-electron chi connectivity index (χ3n) is 13.0. The molecule has 0 saturated heterocycles. The van der Waals surface area contributed by atoms with Crippen molar-refractivity contribution in [3.05, 3.63) is 267 Å². The molecular weight excluding hydrogens is 797 g/mol. The fraction of sp³-hybridized carbons (Fsp3) is 0. The van der Waals surface area contributed by atoms with Crippen LogP contribution in [-0.4, -0.2) is 4.57 Å². The number of fused-ring (bicyclic) bond motifs is 4. The molecule has 2 nitrogen and oxygen atoms in total. The zero-order valence-corrected chi connectivity index (χ0v) is 36.3. The van der Waals surface area contributed by atoms with Crippen molar-refractivity contribution >= 4 is 49.6 Å². The normalized spacial score (nSPS) is 11.3. The highest BCUT2D eigenvalue weighted by molar-refractivity contribution is 6.09. The maximum absolute atomic E-state index is 2.41. The second-order valence-corrected chi connectivity index (χ2v) is 16.9. The van der Waals surface area contributed by atoms with E-state index in [1.54, 1.807) is 0 Å². The molecule has 1 aromatic heterocycles. The molecule has 0 radical (unpaired) electrons. The summed E-state index contributed by atoms with van der Waals surface area (Å²) < 4.78 is 2.37. The van der Waals surface area contributed by atoms with Crippen LogP contribution in [0.4, 0.5) is 17.1 Å². The molecule has 0 fully saturated rings. The van der Waals surface area contributed by atoms with Gasteiger partial charge in [0.2, 0.25) is 0 Å². The summed E-state index contributed by atoms with van der Waals surface area (Å²) in [5.41, 5.74) is 18.7. The van der Waals surface area contributed by atoms with Gasteiger partial charge in [-0.25, -0.2) is 0 Å². The van der Waals surface area contributed by atoms with E-state index < -0.39 is 0 Å². The largest absolute Gasteiger partial charge is 0.310 e. The van der Waals surface area contributed by atoms with Gasteiger partial charge in [-0.15, -0.1) is 0 Å². The molecule has 1 heterocycles. The van der Waals surface area contributed by atoms with Gasteiger partial charge in [-0.05, 0) is 122 Å². The Bertz CT molecular complexity index is 3620. The lowest BCUT2D eigenvalue weighted by Gasteiger charge is -2.29. The van der Waals surface area contributed by atoms with Gasteiger partial charge in [0.15, 0.2) is 0 Å². The van der Waals surface area contributed by atoms with Gasteiger partial charge >= 0.3 is 0 Å². The first-order valence-electron chi connectivity index (χ1n) is 22.7. The van der Waals surface area contributed by atoms with Gasteiger partial charge in [0.25, 0.3) is 0 Å². The maximum Gasteiger partial charge on any atom is 0.0541 e. The van der Waals surface area contributed by atoms with Crippen LogP contribution in [-0.2, 0) is 0 Å². The molecular formula is C64H44N2. The second kappa shape index (κ2) is 16.8. The van der Waals surface area contributed by atoms with Crippen LogP contribution in [0.15, 0.2) is 267 Å². The molecule has 12 aromatic rings. The highest BCUT2D eigenvalue weighted by Gasteiger charge is 2.21. The molecule has 0 bridgehead atoms. The molecule has 0 spiro atoms. The SMILES string of the molecule is c1ccc(-c2ccccc2-c2ccccc2-c2ccccc2N(c2ccc(-c3ccc(-n4c5ccccc5c5ccccc54)cc3)cc2)c2ccc(-c3ccc4ccccc4c3)cc2)cc1. The summed E-state index contributed by atoms with van der Waals surface area (Å²) in [5.74, 6) is 0. The Labute approximate surface area is 385 Å². The molecule has 66 heavy (non-hydrogen) atoms. The van der Waals surface area contributed by atoms with E-state index in [2.05, 4.69) is 276 Å². The maximum atomic E-state index is 2.41. The molecule has 310 valence electrons. The third-order valence-corrected chi connectivity index (χ3v) is 13.0. The highest BCUT2D eigenvalue weighted by Crippen LogP contribution is 2.46. The van der Waals surface area contributed by atoms with Gasteiger partial charge in [-0.3, -0.25) is 0 Å². The Kier molecular flexibility index (Phi) is 9.89. The second-order valence-electron chi connectivity index (χ2n) is 16.9. The van der Waals surface area contributed by atoms with Gasteiger partial charge in [0, 0.05) is 33.4 Å². The fourth-order valence-corrected chi connectivity index (χ4v) is 9.84. The Morgan fingerprint density at radius 1 is 0.258 bits per heavy atom. The number of para-hydroxylation sites is 3. The fourth-order valence-electron chi connectivity index (χ4n) is 9.84. The minimum atomic E-state index is 1.08. The molecule has 0 unspecified atom stereocenters. The van der Waals surface area contributed by atoms with E-state index >= 15 is 0 Å². The summed E-state index contributed by atoms with van der Waals surface area (Å²) in [5, 5.41) is 5.02. The molecule has 0 saturated carbocycles. The topological polar surface area (TPSA) is 8.17 Å². The monoisotopic (exact) mass is 840 g/mol. The lowest BCUT2D eigenvalue weighted by Crippen LogP contribution is -2.11. The molecule has 0 aliphatic carbocycles. The van der Waals surface area contributed by atoms with E-state index in [1.165, 1.54) is 77.1 Å². The van der Waals surface area contributed by atoms with Crippen molar-refractivity contribution < 1.29 is 0 Å². The number of hydrogen-bond donors (Lipinski definition) is 0. The summed E-state index contributed by atoms with van der Waals surface area (Å²) in [6.45, 7) is 0. The zero-order valence-electron chi connectivity index (χ0n) is 36.3. The van der Waals surface area contributed by atoms with Crippen molar-refractivity contribution in [2.24, 2.45) is 0 Å². The molecule has 0 N–H and O–H groups in total. The minimum absolute atomic E-state index is 1.08. The summed E-state index contributed by atoms with van der Waals surface area (Å²) in [6.07, 6.45) is 0. The quantitative estimate of drug-likeness (QED) is 0.141. The third kappa shape index (κ3) is 7.02. The highest BCUT2D eigenvalue weighted by atomic mass is 15.1. The first-order chi connectivity index (χ1) is 32.7. The molecule has 0 aliphatic rings. The average molecular weight is 841 g/mol. The van der Waals surface area contributed by atoms with Crippen molar-refractivity contribution in [2.45, 2.75) is 0 Å². The molecule has 12 rings (SSSR count). The van der Waals surface area contributed by atoms with Crippen LogP contribution in [0.25, 0.3) is 93.9 Å². The average Bonchev–Trinajstić information content (AvgIpc) is 3.74. The number of nitrogens with zero attached hydrogens (tertiary/aromatic N) is 2. The van der Waals surface area contributed by atoms with E-state index in [1.807, 2.05) is 0 Å². The van der Waals surface area contributed by atoms with Gasteiger partial charge in [0.1, 0.15) is 0 Å². The predicted octanol–water partition coefficient (Wildman–Crippen LogP) is 17.7. The Hall–Kier alpha value is -8.72. The number of aromatic nitrogens is 1. The van der Waals surface area contributed by atoms with E-state index in [0.29, 0.717) is 0 Å². The van der Waals surface area contributed by atoms with Crippen molar-refractivity contribution in [3.63, 3.8) is 0 Å². The number of benzene rings is 11. The number of rotatable bonds is 9. The van der Waals surface area contributed by atoms with Crippen LogP contribution < -0.4 is 4.90 Å². The number of anilines is 3. The Morgan fingerprint density at radius 3 is 1.30 bits per heavy atom. The predicted molar refractivity (Wildman–Crippen MR) is 280 cm³/mol. The van der Waals surface area contributed by atoms with E-state index in [9.17, 15) is 0 Å². The van der Waals surface area contributed by atoms with Crippen LogP contribution in [0.1, 0.15) is 0 Å². The molecule has 11 aromatic carbocycles. The van der Waals surface area contributed by atoms with Gasteiger partial charge < -0.3 is 9.47 Å². The van der Waals surface area contributed by atoms with Crippen molar-refractivity contribution in [3.8, 4) is 61.3 Å². The first-order valence-corrected chi connectivity index (χ1v) is 22.7. The first kappa shape index (κ1) is 38.9. The van der Waals surface area contributed by atoms with Crippen LogP contribution in [0, 0.1) is 0 Å². The Morgan fingerprint density at radius 2 is 0.682 bits per heavy atom. The van der Waals surface area contributed by atoms with Crippen LogP contribution in [0.5, 0.6) is 0 Å². The standard InChI is InChI=1S/C64H44N2/c1-2-17-49(18-3-1)55-20-6-7-21-56(55)57-22-8-9-23-58(57)59-24-10-13-27-62(59)65(53-40-36-48(37-41-53)51-31-30-45-16-4-5-19-50(45)44-51)52-38-32-46(33-39-52)47-34-42-54(43-35-47)66-63-28-14-11-25-60(63)61-26-12-15-29-64(61)66/h1-44H. The number of hydrogen-bond acceptors (Lipinski definition) is 1. The van der Waals surface area contributed by atoms with E-state index in [4.69, 9.17) is 0 Å². The van der Waals surface area contributed by atoms with Crippen LogP contribution in [0.3, 0.4) is 0 Å². The lowest BCUT2D eigenvalue weighted by molar-refractivity contribution is 1.18. The van der Waals surface area contributed by atoms with Crippen LogP contribution in [0.2, 0.25) is 0 Å². The Balaban J connectivity index is 0.955. The van der Waals surface area contributed by atoms with Gasteiger partial charge in [-0.1, -0.05) is 206 Å². The van der Waals surface area contributed by atoms with Crippen molar-refractivity contribution in [1.82, 2.24) is 4.57 Å². The molecule has 0 aliphatic heterocycles. The summed E-state index contributed by atoms with van der Waals surface area (Å²) in [7, 11) is 0. The van der Waals surface area contributed by atoms with Crippen molar-refractivity contribution in [1.29, 1.82) is 0 Å². The summed E-state index contributed by atoms with van der Waals surface area (Å²) in [6, 6.07) is 96.9. The molecule has 2 heteroatoms. The van der Waals surface area contributed by atoms with Gasteiger partial charge in [-0.2, -0.15) is 0 Å². The smallest absolute Gasteiger partial charge is 0.0541 e. The van der Waals surface area contributed by atoms with Crippen molar-refractivity contribution in [2.75, 3.05) is 4.90 Å². The van der Waals surface area contributed by atoms with E-state index in [-0.39, 0.29) is 0 Å². The van der Waals surface area contributed by atoms with Gasteiger partial charge in [0.05, 0.1) is 16.7 Å². The van der Waals surface area contributed by atoms with Crippen LogP contribution >= 0.6 is 0 Å². The molecule has 0 atom stereocenters. The summed E-state index contributed by atoms with van der Waals surface area (Å²) >= 11 is 0. The minimum Gasteiger partial charge on any atom is -0.310 e. The lowest BCUT2D eigenvalue weighted by atomic mass is 9.88.